The van der Waals surface area contributed by atoms with Crippen molar-refractivity contribution in [1.82, 2.24) is 15.5 Å². The van der Waals surface area contributed by atoms with Gasteiger partial charge >= 0.3 is 0 Å². The van der Waals surface area contributed by atoms with Gasteiger partial charge in [0.05, 0.1) is 5.54 Å². The van der Waals surface area contributed by atoms with Crippen LogP contribution in [0.15, 0.2) is 0 Å². The van der Waals surface area contributed by atoms with E-state index in [0.29, 0.717) is 5.92 Å². The highest BCUT2D eigenvalue weighted by Gasteiger charge is 2.35. The molecule has 1 heterocycles. The first-order valence-electron chi connectivity index (χ1n) is 8.26. The fourth-order valence-electron chi connectivity index (χ4n) is 2.76. The fourth-order valence-corrected chi connectivity index (χ4v) is 2.76. The van der Waals surface area contributed by atoms with Crippen LogP contribution in [0.25, 0.3) is 0 Å². The Morgan fingerprint density at radius 1 is 1.30 bits per heavy atom. The molecule has 0 aromatic rings. The van der Waals surface area contributed by atoms with Crippen molar-refractivity contribution in [2.24, 2.45) is 5.92 Å². The molecule has 0 aromatic carbocycles. The summed E-state index contributed by atoms with van der Waals surface area (Å²) in [7, 11) is 0. The highest BCUT2D eigenvalue weighted by Crippen LogP contribution is 2.16. The second-order valence-electron chi connectivity index (χ2n) is 6.42. The van der Waals surface area contributed by atoms with Crippen LogP contribution in [0, 0.1) is 5.92 Å². The van der Waals surface area contributed by atoms with Gasteiger partial charge in [0.15, 0.2) is 0 Å². The van der Waals surface area contributed by atoms with Crippen LogP contribution in [0.2, 0.25) is 0 Å². The zero-order valence-corrected chi connectivity index (χ0v) is 13.8. The minimum absolute atomic E-state index is 0.175. The minimum Gasteiger partial charge on any atom is -0.354 e. The molecule has 1 rings (SSSR count). The van der Waals surface area contributed by atoms with E-state index in [1.807, 2.05) is 13.8 Å². The lowest BCUT2D eigenvalue weighted by Gasteiger charge is -2.40. The molecule has 4 heteroatoms. The Balaban J connectivity index is 2.42. The monoisotopic (exact) mass is 283 g/mol. The average molecular weight is 283 g/mol. The summed E-state index contributed by atoms with van der Waals surface area (Å²) in [5.41, 5.74) is -0.398. The maximum Gasteiger partial charge on any atom is 0.239 e. The van der Waals surface area contributed by atoms with E-state index in [2.05, 4.69) is 29.4 Å². The summed E-state index contributed by atoms with van der Waals surface area (Å²) in [4.78, 5) is 14.8. The number of carbonyl (C=O) groups is 1. The van der Waals surface area contributed by atoms with Gasteiger partial charge in [0.25, 0.3) is 0 Å². The Kier molecular flexibility index (Phi) is 7.52. The molecule has 1 aliphatic rings. The Labute approximate surface area is 124 Å². The molecule has 0 aliphatic carbocycles. The van der Waals surface area contributed by atoms with Crippen molar-refractivity contribution in [3.63, 3.8) is 0 Å². The predicted molar refractivity (Wildman–Crippen MR) is 84.8 cm³/mol. The number of piperazine rings is 1. The molecule has 0 bridgehead atoms. The second-order valence-corrected chi connectivity index (χ2v) is 6.42. The molecule has 20 heavy (non-hydrogen) atoms. The van der Waals surface area contributed by atoms with Crippen LogP contribution in [-0.2, 0) is 4.79 Å². The third-order valence-corrected chi connectivity index (χ3v) is 4.56. The molecular weight excluding hydrogens is 250 g/mol. The van der Waals surface area contributed by atoms with E-state index < -0.39 is 5.54 Å². The van der Waals surface area contributed by atoms with Gasteiger partial charge in [-0.15, -0.1) is 0 Å². The largest absolute Gasteiger partial charge is 0.354 e. The summed E-state index contributed by atoms with van der Waals surface area (Å²) in [6.07, 6.45) is 4.86. The molecule has 1 unspecified atom stereocenters. The van der Waals surface area contributed by atoms with E-state index in [1.54, 1.807) is 0 Å². The molecule has 118 valence electrons. The molecule has 0 radical (unpaired) electrons. The minimum atomic E-state index is -0.398. The van der Waals surface area contributed by atoms with E-state index >= 15 is 0 Å². The molecular formula is C16H33N3O. The lowest BCUT2D eigenvalue weighted by Crippen LogP contribution is -2.60. The Morgan fingerprint density at radius 2 is 1.95 bits per heavy atom. The third kappa shape index (κ3) is 5.06. The molecule has 2 N–H and O–H groups in total. The number of nitrogens with one attached hydrogen (secondary N) is 2. The molecule has 1 aliphatic heterocycles. The van der Waals surface area contributed by atoms with Crippen LogP contribution in [0.3, 0.4) is 0 Å². The quantitative estimate of drug-likeness (QED) is 0.716. The number of carbonyl (C=O) groups excluding carboxylic acids is 1. The summed E-state index contributed by atoms with van der Waals surface area (Å²) in [5.74, 6) is 0.798. The highest BCUT2D eigenvalue weighted by molar-refractivity contribution is 5.85. The van der Waals surface area contributed by atoms with Crippen LogP contribution in [-0.4, -0.2) is 49.1 Å². The Morgan fingerprint density at radius 3 is 2.50 bits per heavy atom. The lowest BCUT2D eigenvalue weighted by atomic mass is 9.97. The number of hydrogen-bond donors (Lipinski definition) is 2. The summed E-state index contributed by atoms with van der Waals surface area (Å²) in [6.45, 7) is 13.2. The van der Waals surface area contributed by atoms with Crippen molar-refractivity contribution >= 4 is 5.91 Å². The van der Waals surface area contributed by atoms with Gasteiger partial charge in [-0.3, -0.25) is 9.69 Å². The smallest absolute Gasteiger partial charge is 0.239 e. The maximum atomic E-state index is 12.5. The number of rotatable bonds is 8. The zero-order chi connectivity index (χ0) is 15.0. The highest BCUT2D eigenvalue weighted by atomic mass is 16.2. The van der Waals surface area contributed by atoms with Gasteiger partial charge in [-0.2, -0.15) is 0 Å². The van der Waals surface area contributed by atoms with Gasteiger partial charge < -0.3 is 10.6 Å². The molecule has 0 spiro atoms. The average Bonchev–Trinajstić information content (AvgIpc) is 2.48. The first-order chi connectivity index (χ1) is 9.52. The van der Waals surface area contributed by atoms with Crippen LogP contribution in [0.1, 0.15) is 53.4 Å². The SMILES string of the molecule is CCCCC(CC)CNC(=O)C(C)(C)N1CCNCC1. The Hall–Kier alpha value is -0.610. The normalized spacial score (nSPS) is 18.8. The standard InChI is InChI=1S/C16H33N3O/c1-5-7-8-14(6-2)13-18-15(20)16(3,4)19-11-9-17-10-12-19/h14,17H,5-13H2,1-4H3,(H,18,20). The third-order valence-electron chi connectivity index (χ3n) is 4.56. The molecule has 0 aromatic heterocycles. The Bertz CT molecular complexity index is 285. The van der Waals surface area contributed by atoms with Gasteiger partial charge in [0.2, 0.25) is 5.91 Å². The first kappa shape index (κ1) is 17.4. The molecule has 1 fully saturated rings. The number of hydrogen-bond acceptors (Lipinski definition) is 3. The van der Waals surface area contributed by atoms with Crippen molar-refractivity contribution in [3.8, 4) is 0 Å². The lowest BCUT2D eigenvalue weighted by molar-refractivity contribution is -0.132. The summed E-state index contributed by atoms with van der Waals surface area (Å²) >= 11 is 0. The van der Waals surface area contributed by atoms with Crippen molar-refractivity contribution in [1.29, 1.82) is 0 Å². The molecule has 1 amide bonds. The fraction of sp³-hybridized carbons (Fsp3) is 0.938. The van der Waals surface area contributed by atoms with E-state index in [4.69, 9.17) is 0 Å². The van der Waals surface area contributed by atoms with Gasteiger partial charge in [0, 0.05) is 32.7 Å². The van der Waals surface area contributed by atoms with Crippen LogP contribution in [0.4, 0.5) is 0 Å². The van der Waals surface area contributed by atoms with Gasteiger partial charge in [-0.05, 0) is 26.2 Å². The summed E-state index contributed by atoms with van der Waals surface area (Å²) in [5, 5.41) is 6.51. The summed E-state index contributed by atoms with van der Waals surface area (Å²) < 4.78 is 0. The van der Waals surface area contributed by atoms with Crippen LogP contribution >= 0.6 is 0 Å². The number of nitrogens with zero attached hydrogens (tertiary/aromatic N) is 1. The first-order valence-corrected chi connectivity index (χ1v) is 8.26. The van der Waals surface area contributed by atoms with Gasteiger partial charge in [-0.1, -0.05) is 33.1 Å². The summed E-state index contributed by atoms with van der Waals surface area (Å²) in [6, 6.07) is 0. The van der Waals surface area contributed by atoms with Gasteiger partial charge in [0.1, 0.15) is 0 Å². The van der Waals surface area contributed by atoms with E-state index in [9.17, 15) is 4.79 Å². The van der Waals surface area contributed by atoms with E-state index in [-0.39, 0.29) is 5.91 Å². The van der Waals surface area contributed by atoms with Crippen molar-refractivity contribution in [2.45, 2.75) is 58.9 Å². The van der Waals surface area contributed by atoms with E-state index in [0.717, 1.165) is 39.1 Å². The molecule has 1 atom stereocenters. The van der Waals surface area contributed by atoms with Crippen LogP contribution in [0.5, 0.6) is 0 Å². The van der Waals surface area contributed by atoms with Crippen molar-refractivity contribution < 1.29 is 4.79 Å². The van der Waals surface area contributed by atoms with Gasteiger partial charge in [-0.25, -0.2) is 0 Å². The zero-order valence-electron chi connectivity index (χ0n) is 13.8. The molecule has 1 saturated heterocycles. The van der Waals surface area contributed by atoms with Crippen LogP contribution < -0.4 is 10.6 Å². The second kappa shape index (κ2) is 8.63. The van der Waals surface area contributed by atoms with E-state index in [1.165, 1.54) is 19.3 Å². The number of unbranched alkanes of at least 4 members (excludes halogenated alkanes) is 1. The van der Waals surface area contributed by atoms with Crippen molar-refractivity contribution in [2.75, 3.05) is 32.7 Å². The topological polar surface area (TPSA) is 44.4 Å². The predicted octanol–water partition coefficient (Wildman–Crippen LogP) is 2.00. The molecule has 0 saturated carbocycles. The molecule has 4 nitrogen and oxygen atoms in total. The maximum absolute atomic E-state index is 12.5. The van der Waals surface area contributed by atoms with Crippen molar-refractivity contribution in [3.05, 3.63) is 0 Å². The number of amides is 1.